The largest absolute Gasteiger partial charge is 0.336 e. The predicted molar refractivity (Wildman–Crippen MR) is 70.8 cm³/mol. The monoisotopic (exact) mass is 266 g/mol. The first-order chi connectivity index (χ1) is 9.25. The number of piperidine rings is 1. The number of imide groups is 1. The summed E-state index contributed by atoms with van der Waals surface area (Å²) in [6, 6.07) is 0.457. The van der Waals surface area contributed by atoms with Gasteiger partial charge in [0, 0.05) is 19.0 Å². The van der Waals surface area contributed by atoms with Crippen molar-refractivity contribution in [1.82, 2.24) is 10.2 Å². The number of quaternary nitrogens is 1. The quantitative estimate of drug-likeness (QED) is 0.726. The van der Waals surface area contributed by atoms with Crippen LogP contribution in [-0.4, -0.2) is 49.1 Å². The third-order valence-corrected chi connectivity index (χ3v) is 5.04. The van der Waals surface area contributed by atoms with Gasteiger partial charge in [-0.15, -0.1) is 0 Å². The van der Waals surface area contributed by atoms with Crippen LogP contribution in [0, 0.1) is 5.92 Å². The van der Waals surface area contributed by atoms with Gasteiger partial charge >= 0.3 is 6.03 Å². The zero-order chi connectivity index (χ0) is 13.2. The minimum atomic E-state index is -0.207. The Kier molecular flexibility index (Phi) is 3.73. The minimum absolute atomic E-state index is 0.0104. The lowest BCUT2D eigenvalue weighted by atomic mass is 9.78. The van der Waals surface area contributed by atoms with Crippen LogP contribution in [-0.2, 0) is 4.79 Å². The lowest BCUT2D eigenvalue weighted by molar-refractivity contribution is -0.928. The molecular weight excluding hydrogens is 242 g/mol. The van der Waals surface area contributed by atoms with Crippen molar-refractivity contribution in [2.45, 2.75) is 44.6 Å². The molecule has 2 aliphatic heterocycles. The maximum atomic E-state index is 12.2. The number of fused-ring (bicyclic) bond motifs is 1. The lowest BCUT2D eigenvalue weighted by Gasteiger charge is -2.41. The van der Waals surface area contributed by atoms with Crippen molar-refractivity contribution in [2.75, 3.05) is 26.2 Å². The van der Waals surface area contributed by atoms with E-state index in [1.54, 1.807) is 0 Å². The highest BCUT2D eigenvalue weighted by Gasteiger charge is 2.39. The van der Waals surface area contributed by atoms with E-state index in [-0.39, 0.29) is 11.9 Å². The van der Waals surface area contributed by atoms with E-state index in [4.69, 9.17) is 0 Å². The fourth-order valence-corrected chi connectivity index (χ4v) is 4.09. The number of hydrogen-bond acceptors (Lipinski definition) is 2. The molecule has 2 saturated heterocycles. The highest BCUT2D eigenvalue weighted by molar-refractivity contribution is 5.96. The van der Waals surface area contributed by atoms with Crippen LogP contribution in [0.3, 0.4) is 0 Å². The average molecular weight is 266 g/mol. The van der Waals surface area contributed by atoms with Crippen molar-refractivity contribution in [3.8, 4) is 0 Å². The zero-order valence-corrected chi connectivity index (χ0v) is 11.5. The normalized spacial score (nSPS) is 34.8. The van der Waals surface area contributed by atoms with Crippen LogP contribution in [0.1, 0.15) is 38.5 Å². The van der Waals surface area contributed by atoms with Crippen molar-refractivity contribution in [1.29, 1.82) is 0 Å². The molecule has 19 heavy (non-hydrogen) atoms. The van der Waals surface area contributed by atoms with Gasteiger partial charge in [-0.1, -0.05) is 6.42 Å². The number of amides is 3. The number of nitrogens with one attached hydrogen (secondary N) is 2. The molecule has 1 saturated carbocycles. The zero-order valence-electron chi connectivity index (χ0n) is 11.5. The number of carbonyl (C=O) groups is 2. The van der Waals surface area contributed by atoms with E-state index >= 15 is 0 Å². The Morgan fingerprint density at radius 1 is 1.26 bits per heavy atom. The summed E-state index contributed by atoms with van der Waals surface area (Å²) >= 11 is 0. The SMILES string of the molecule is O=C(C[NH+]1CCC[C@@H]2CCCC[C@@H]21)N1CCNC1=O. The van der Waals surface area contributed by atoms with E-state index in [1.165, 1.54) is 48.3 Å². The van der Waals surface area contributed by atoms with Crippen LogP contribution in [0.2, 0.25) is 0 Å². The van der Waals surface area contributed by atoms with Gasteiger partial charge in [0.2, 0.25) is 0 Å². The second-order valence-electron chi connectivity index (χ2n) is 6.16. The summed E-state index contributed by atoms with van der Waals surface area (Å²) in [6.07, 6.45) is 7.84. The summed E-state index contributed by atoms with van der Waals surface area (Å²) in [4.78, 5) is 26.6. The Balaban J connectivity index is 1.61. The molecule has 1 aliphatic carbocycles. The van der Waals surface area contributed by atoms with Crippen LogP contribution < -0.4 is 10.2 Å². The number of hydrogen-bond donors (Lipinski definition) is 2. The van der Waals surface area contributed by atoms with Crippen molar-refractivity contribution in [3.63, 3.8) is 0 Å². The summed E-state index contributed by atoms with van der Waals surface area (Å²) in [6.45, 7) is 2.75. The smallest absolute Gasteiger partial charge is 0.324 e. The third kappa shape index (κ3) is 2.61. The molecule has 0 radical (unpaired) electrons. The Hall–Kier alpha value is -1.10. The molecule has 3 atom stereocenters. The first kappa shape index (κ1) is 12.9. The number of nitrogens with zero attached hydrogens (tertiary/aromatic N) is 1. The molecule has 0 aromatic heterocycles. The van der Waals surface area contributed by atoms with Gasteiger partial charge in [-0.3, -0.25) is 9.69 Å². The van der Waals surface area contributed by atoms with Gasteiger partial charge in [-0.2, -0.15) is 0 Å². The molecule has 2 N–H and O–H groups in total. The maximum Gasteiger partial charge on any atom is 0.324 e. The van der Waals surface area contributed by atoms with E-state index < -0.39 is 0 Å². The number of urea groups is 1. The molecule has 5 heteroatoms. The van der Waals surface area contributed by atoms with Gasteiger partial charge in [0.15, 0.2) is 6.54 Å². The van der Waals surface area contributed by atoms with Crippen LogP contribution in [0.25, 0.3) is 0 Å². The molecule has 0 bridgehead atoms. The van der Waals surface area contributed by atoms with Gasteiger partial charge in [0.1, 0.15) is 0 Å². The molecule has 3 amide bonds. The Morgan fingerprint density at radius 2 is 2.05 bits per heavy atom. The van der Waals surface area contributed by atoms with Gasteiger partial charge in [-0.05, 0) is 32.1 Å². The molecule has 2 heterocycles. The first-order valence-electron chi connectivity index (χ1n) is 7.68. The molecular formula is C14H24N3O2+. The Morgan fingerprint density at radius 3 is 2.84 bits per heavy atom. The van der Waals surface area contributed by atoms with Gasteiger partial charge in [-0.25, -0.2) is 4.79 Å². The van der Waals surface area contributed by atoms with E-state index in [0.29, 0.717) is 25.7 Å². The number of likely N-dealkylation sites (tertiary alicyclic amines) is 1. The van der Waals surface area contributed by atoms with E-state index in [2.05, 4.69) is 5.32 Å². The van der Waals surface area contributed by atoms with Gasteiger partial charge in [0.25, 0.3) is 5.91 Å². The molecule has 1 unspecified atom stereocenters. The average Bonchev–Trinajstić information content (AvgIpc) is 2.85. The summed E-state index contributed by atoms with van der Waals surface area (Å²) in [5, 5.41) is 2.70. The van der Waals surface area contributed by atoms with E-state index in [9.17, 15) is 9.59 Å². The maximum absolute atomic E-state index is 12.2. The fraction of sp³-hybridized carbons (Fsp3) is 0.857. The van der Waals surface area contributed by atoms with Crippen molar-refractivity contribution in [2.24, 2.45) is 5.92 Å². The topological polar surface area (TPSA) is 53.9 Å². The summed E-state index contributed by atoms with van der Waals surface area (Å²) in [7, 11) is 0. The van der Waals surface area contributed by atoms with Crippen molar-refractivity contribution >= 4 is 11.9 Å². The molecule has 3 rings (SSSR count). The van der Waals surface area contributed by atoms with Crippen LogP contribution in [0.4, 0.5) is 4.79 Å². The van der Waals surface area contributed by atoms with Gasteiger partial charge < -0.3 is 10.2 Å². The number of rotatable bonds is 2. The fourth-order valence-electron chi connectivity index (χ4n) is 4.09. The molecule has 0 aromatic rings. The summed E-state index contributed by atoms with van der Waals surface area (Å²) in [5.41, 5.74) is 0. The molecule has 0 aromatic carbocycles. The number of carbonyl (C=O) groups excluding carboxylic acids is 2. The Bertz CT molecular complexity index is 370. The van der Waals surface area contributed by atoms with Crippen LogP contribution in [0.5, 0.6) is 0 Å². The minimum Gasteiger partial charge on any atom is -0.336 e. The second-order valence-corrected chi connectivity index (χ2v) is 6.16. The highest BCUT2D eigenvalue weighted by Crippen LogP contribution is 2.28. The van der Waals surface area contributed by atoms with Crippen molar-refractivity contribution in [3.05, 3.63) is 0 Å². The van der Waals surface area contributed by atoms with E-state index in [1.807, 2.05) is 0 Å². The molecule has 106 valence electrons. The predicted octanol–water partition coefficient (Wildman–Crippen LogP) is -0.224. The third-order valence-electron chi connectivity index (χ3n) is 5.04. The summed E-state index contributed by atoms with van der Waals surface area (Å²) < 4.78 is 0. The standard InChI is InChI=1S/C14H23N3O2/c18-13(17-9-7-15-14(17)19)10-16-8-3-5-11-4-1-2-6-12(11)16/h11-12H,1-10H2,(H,15,19)/p+1/t11-,12-/m0/s1. The summed E-state index contributed by atoms with van der Waals surface area (Å²) in [5.74, 6) is 0.828. The van der Waals surface area contributed by atoms with Gasteiger partial charge in [0.05, 0.1) is 12.6 Å². The molecule has 3 aliphatic rings. The molecule has 3 fully saturated rings. The second kappa shape index (κ2) is 5.49. The molecule has 5 nitrogen and oxygen atoms in total. The lowest BCUT2D eigenvalue weighted by Crippen LogP contribution is -3.18. The first-order valence-corrected chi connectivity index (χ1v) is 7.68. The molecule has 0 spiro atoms. The highest BCUT2D eigenvalue weighted by atomic mass is 16.2. The van der Waals surface area contributed by atoms with E-state index in [0.717, 1.165) is 12.5 Å². The Labute approximate surface area is 114 Å². The van der Waals surface area contributed by atoms with Crippen molar-refractivity contribution < 1.29 is 14.5 Å². The van der Waals surface area contributed by atoms with Crippen LogP contribution in [0.15, 0.2) is 0 Å². The van der Waals surface area contributed by atoms with Crippen LogP contribution >= 0.6 is 0 Å².